The zero-order valence-corrected chi connectivity index (χ0v) is 9.40. The number of nitrogens with zero attached hydrogens (tertiary/aromatic N) is 2. The first-order chi connectivity index (χ1) is 7.66. The van der Waals surface area contributed by atoms with Crippen molar-refractivity contribution < 1.29 is 4.74 Å². The first-order valence-electron chi connectivity index (χ1n) is 4.67. The molecule has 0 aliphatic carbocycles. The average molecular weight is 236 g/mol. The van der Waals surface area contributed by atoms with E-state index < -0.39 is 0 Å². The summed E-state index contributed by atoms with van der Waals surface area (Å²) >= 11 is 5.98. The maximum Gasteiger partial charge on any atom is 0.262 e. The molecule has 0 aliphatic heterocycles. The number of nitrogen functional groups attached to an aromatic ring is 1. The summed E-state index contributed by atoms with van der Waals surface area (Å²) in [6, 6.07) is 5.48. The van der Waals surface area contributed by atoms with E-state index in [2.05, 4.69) is 9.97 Å². The van der Waals surface area contributed by atoms with Crippen LogP contribution in [-0.4, -0.2) is 9.97 Å². The van der Waals surface area contributed by atoms with Gasteiger partial charge in [-0.05, 0) is 24.6 Å². The fourth-order valence-electron chi connectivity index (χ4n) is 1.21. The Morgan fingerprint density at radius 1 is 1.25 bits per heavy atom. The van der Waals surface area contributed by atoms with Gasteiger partial charge in [-0.25, -0.2) is 9.97 Å². The van der Waals surface area contributed by atoms with Gasteiger partial charge in [-0.3, -0.25) is 0 Å². The van der Waals surface area contributed by atoms with E-state index in [1.54, 1.807) is 6.07 Å². The van der Waals surface area contributed by atoms with Gasteiger partial charge >= 0.3 is 0 Å². The molecule has 0 atom stereocenters. The minimum Gasteiger partial charge on any atom is -0.434 e. The van der Waals surface area contributed by atoms with Gasteiger partial charge in [-0.1, -0.05) is 17.7 Å². The molecule has 16 heavy (non-hydrogen) atoms. The molecule has 0 radical (unpaired) electrons. The first-order valence-corrected chi connectivity index (χ1v) is 5.05. The minimum atomic E-state index is 0.236. The SMILES string of the molecule is Cc1ccc(Cl)c(Oc2nccnc2N)c1. The van der Waals surface area contributed by atoms with E-state index in [-0.39, 0.29) is 11.7 Å². The molecule has 0 fully saturated rings. The van der Waals surface area contributed by atoms with E-state index in [0.717, 1.165) is 5.56 Å². The Morgan fingerprint density at radius 3 is 2.75 bits per heavy atom. The summed E-state index contributed by atoms with van der Waals surface area (Å²) in [7, 11) is 0. The molecule has 2 N–H and O–H groups in total. The number of ether oxygens (including phenoxy) is 1. The quantitative estimate of drug-likeness (QED) is 0.870. The largest absolute Gasteiger partial charge is 0.434 e. The maximum absolute atomic E-state index is 5.98. The zero-order valence-electron chi connectivity index (χ0n) is 8.64. The van der Waals surface area contributed by atoms with E-state index in [4.69, 9.17) is 22.1 Å². The number of aryl methyl sites for hydroxylation is 1. The molecule has 2 rings (SSSR count). The van der Waals surface area contributed by atoms with Gasteiger partial charge in [0.1, 0.15) is 5.75 Å². The molecule has 0 bridgehead atoms. The number of rotatable bonds is 2. The Hall–Kier alpha value is -1.81. The van der Waals surface area contributed by atoms with Gasteiger partial charge in [-0.15, -0.1) is 0 Å². The number of nitrogens with two attached hydrogens (primary N) is 1. The van der Waals surface area contributed by atoms with Crippen LogP contribution in [0.3, 0.4) is 0 Å². The van der Waals surface area contributed by atoms with Gasteiger partial charge in [0, 0.05) is 12.4 Å². The standard InChI is InChI=1S/C11H10ClN3O/c1-7-2-3-8(12)9(6-7)16-11-10(13)14-4-5-15-11/h2-6H,1H3,(H2,13,14). The molecule has 2 aromatic rings. The number of benzene rings is 1. The second-order valence-corrected chi connectivity index (χ2v) is 3.69. The van der Waals surface area contributed by atoms with Crippen LogP contribution >= 0.6 is 11.6 Å². The molecule has 5 heteroatoms. The van der Waals surface area contributed by atoms with Crippen LogP contribution in [0.2, 0.25) is 5.02 Å². The van der Waals surface area contributed by atoms with Gasteiger partial charge in [0.15, 0.2) is 5.82 Å². The van der Waals surface area contributed by atoms with Crippen molar-refractivity contribution >= 4 is 17.4 Å². The highest BCUT2D eigenvalue weighted by atomic mass is 35.5. The fourth-order valence-corrected chi connectivity index (χ4v) is 1.36. The van der Waals surface area contributed by atoms with Crippen molar-refractivity contribution in [2.24, 2.45) is 0 Å². The summed E-state index contributed by atoms with van der Waals surface area (Å²) in [6.07, 6.45) is 3.01. The summed E-state index contributed by atoms with van der Waals surface area (Å²) in [5.74, 6) is 1.02. The van der Waals surface area contributed by atoms with Gasteiger partial charge in [-0.2, -0.15) is 0 Å². The molecule has 1 aromatic carbocycles. The number of anilines is 1. The lowest BCUT2D eigenvalue weighted by Gasteiger charge is -2.08. The lowest BCUT2D eigenvalue weighted by atomic mass is 10.2. The van der Waals surface area contributed by atoms with Crippen molar-refractivity contribution in [2.75, 3.05) is 5.73 Å². The van der Waals surface area contributed by atoms with E-state index >= 15 is 0 Å². The van der Waals surface area contributed by atoms with Crippen LogP contribution in [0, 0.1) is 6.92 Å². The Balaban J connectivity index is 2.34. The Kier molecular flexibility index (Phi) is 2.92. The number of halogens is 1. The third-order valence-electron chi connectivity index (χ3n) is 1.98. The summed E-state index contributed by atoms with van der Waals surface area (Å²) in [5.41, 5.74) is 6.66. The number of aromatic nitrogens is 2. The molecule has 0 aliphatic rings. The van der Waals surface area contributed by atoms with Crippen LogP contribution in [0.25, 0.3) is 0 Å². The van der Waals surface area contributed by atoms with E-state index in [1.807, 2.05) is 19.1 Å². The summed E-state index contributed by atoms with van der Waals surface area (Å²) in [4.78, 5) is 7.85. The van der Waals surface area contributed by atoms with Crippen LogP contribution in [-0.2, 0) is 0 Å². The Bertz CT molecular complexity index is 516. The topological polar surface area (TPSA) is 61.0 Å². The fraction of sp³-hybridized carbons (Fsp3) is 0.0909. The van der Waals surface area contributed by atoms with Gasteiger partial charge < -0.3 is 10.5 Å². The van der Waals surface area contributed by atoms with Crippen molar-refractivity contribution in [3.05, 3.63) is 41.2 Å². The van der Waals surface area contributed by atoms with Gasteiger partial charge in [0.2, 0.25) is 0 Å². The van der Waals surface area contributed by atoms with Gasteiger partial charge in [0.05, 0.1) is 5.02 Å². The van der Waals surface area contributed by atoms with Crippen molar-refractivity contribution in [3.8, 4) is 11.6 Å². The van der Waals surface area contributed by atoms with E-state index in [9.17, 15) is 0 Å². The lowest BCUT2D eigenvalue weighted by molar-refractivity contribution is 0.463. The van der Waals surface area contributed by atoms with E-state index in [1.165, 1.54) is 12.4 Å². The Labute approximate surface area is 98.0 Å². The summed E-state index contributed by atoms with van der Waals surface area (Å²) in [6.45, 7) is 1.95. The monoisotopic (exact) mass is 235 g/mol. The molecule has 0 amide bonds. The number of hydrogen-bond donors (Lipinski definition) is 1. The van der Waals surface area contributed by atoms with Crippen molar-refractivity contribution in [3.63, 3.8) is 0 Å². The molecule has 82 valence electrons. The molecule has 4 nitrogen and oxygen atoms in total. The average Bonchev–Trinajstić information content (AvgIpc) is 2.27. The third-order valence-corrected chi connectivity index (χ3v) is 2.30. The summed E-state index contributed by atoms with van der Waals surface area (Å²) in [5, 5.41) is 0.510. The zero-order chi connectivity index (χ0) is 11.5. The highest BCUT2D eigenvalue weighted by Crippen LogP contribution is 2.30. The van der Waals surface area contributed by atoms with E-state index in [0.29, 0.717) is 10.8 Å². The first kappa shape index (κ1) is 10.7. The smallest absolute Gasteiger partial charge is 0.262 e. The molecular weight excluding hydrogens is 226 g/mol. The Morgan fingerprint density at radius 2 is 2.00 bits per heavy atom. The molecule has 0 spiro atoms. The molecule has 0 saturated carbocycles. The van der Waals surface area contributed by atoms with Crippen molar-refractivity contribution in [2.45, 2.75) is 6.92 Å². The van der Waals surface area contributed by atoms with Crippen LogP contribution in [0.4, 0.5) is 5.82 Å². The normalized spacial score (nSPS) is 10.1. The summed E-state index contributed by atoms with van der Waals surface area (Å²) < 4.78 is 5.49. The predicted molar refractivity (Wildman–Crippen MR) is 62.7 cm³/mol. The molecule has 1 aromatic heterocycles. The highest BCUT2D eigenvalue weighted by molar-refractivity contribution is 6.32. The molecule has 0 saturated heterocycles. The van der Waals surface area contributed by atoms with Crippen LogP contribution in [0.1, 0.15) is 5.56 Å². The highest BCUT2D eigenvalue weighted by Gasteiger charge is 2.07. The predicted octanol–water partition coefficient (Wildman–Crippen LogP) is 2.81. The maximum atomic E-state index is 5.98. The van der Waals surface area contributed by atoms with Crippen LogP contribution < -0.4 is 10.5 Å². The van der Waals surface area contributed by atoms with Crippen molar-refractivity contribution in [1.29, 1.82) is 0 Å². The van der Waals surface area contributed by atoms with Gasteiger partial charge in [0.25, 0.3) is 5.88 Å². The van der Waals surface area contributed by atoms with Crippen LogP contribution in [0.5, 0.6) is 11.6 Å². The number of hydrogen-bond acceptors (Lipinski definition) is 4. The molecule has 0 unspecified atom stereocenters. The third kappa shape index (κ3) is 2.23. The molecule has 1 heterocycles. The minimum absolute atomic E-state index is 0.236. The second kappa shape index (κ2) is 4.37. The van der Waals surface area contributed by atoms with Crippen LogP contribution in [0.15, 0.2) is 30.6 Å². The van der Waals surface area contributed by atoms with Crippen molar-refractivity contribution in [1.82, 2.24) is 9.97 Å². The lowest BCUT2D eigenvalue weighted by Crippen LogP contribution is -1.97. The molecular formula is C11H10ClN3O. The second-order valence-electron chi connectivity index (χ2n) is 3.28.